The zero-order chi connectivity index (χ0) is 16.2. The lowest BCUT2D eigenvalue weighted by Crippen LogP contribution is -2.38. The fourth-order valence-electron chi connectivity index (χ4n) is 2.40. The monoisotopic (exact) mass is 313 g/mol. The van der Waals surface area contributed by atoms with Gasteiger partial charge >= 0.3 is 0 Å². The fourth-order valence-corrected chi connectivity index (χ4v) is 2.40. The predicted molar refractivity (Wildman–Crippen MR) is 91.0 cm³/mol. The van der Waals surface area contributed by atoms with Gasteiger partial charge in [-0.3, -0.25) is 4.99 Å². The third kappa shape index (κ3) is 3.83. The Bertz CT molecular complexity index is 677. The van der Waals surface area contributed by atoms with Gasteiger partial charge in [0.05, 0.1) is 25.0 Å². The lowest BCUT2D eigenvalue weighted by molar-refractivity contribution is 0.414. The van der Waals surface area contributed by atoms with E-state index in [1.165, 1.54) is 6.42 Å². The minimum atomic E-state index is 0.554. The molecule has 2 N–H and O–H groups in total. The first-order valence-corrected chi connectivity index (χ1v) is 7.85. The van der Waals surface area contributed by atoms with Crippen LogP contribution in [0.1, 0.15) is 19.0 Å². The summed E-state index contributed by atoms with van der Waals surface area (Å²) in [5.74, 6) is 2.41. The molecule has 1 heterocycles. The highest BCUT2D eigenvalue weighted by Gasteiger charge is 2.33. The predicted octanol–water partition coefficient (Wildman–Crippen LogP) is 1.95. The van der Waals surface area contributed by atoms with Gasteiger partial charge in [-0.1, -0.05) is 6.92 Å². The van der Waals surface area contributed by atoms with Gasteiger partial charge in [0, 0.05) is 19.3 Å². The topological polar surface area (TPSA) is 63.5 Å². The summed E-state index contributed by atoms with van der Waals surface area (Å²) in [7, 11) is 3.45. The second-order valence-electron chi connectivity index (χ2n) is 5.84. The zero-order valence-corrected chi connectivity index (χ0v) is 13.8. The van der Waals surface area contributed by atoms with E-state index >= 15 is 0 Å². The summed E-state index contributed by atoms with van der Waals surface area (Å²) in [6.07, 6.45) is 3.17. The second kappa shape index (κ2) is 6.73. The van der Waals surface area contributed by atoms with E-state index in [4.69, 9.17) is 4.74 Å². The summed E-state index contributed by atoms with van der Waals surface area (Å²) < 4.78 is 7.03. The molecule has 1 fully saturated rings. The van der Waals surface area contributed by atoms with E-state index in [9.17, 15) is 0 Å². The molecule has 2 atom stereocenters. The maximum absolute atomic E-state index is 5.17. The molecule has 23 heavy (non-hydrogen) atoms. The van der Waals surface area contributed by atoms with E-state index in [0.717, 1.165) is 29.0 Å². The Labute approximate surface area is 136 Å². The maximum Gasteiger partial charge on any atom is 0.191 e. The molecule has 0 spiro atoms. The number of benzene rings is 1. The Kier molecular flexibility index (Phi) is 4.50. The fraction of sp³-hybridized carbons (Fsp3) is 0.412. The molecule has 0 radical (unpaired) electrons. The molecule has 0 aliphatic heterocycles. The number of guanidine groups is 1. The molecule has 1 aromatic heterocycles. The van der Waals surface area contributed by atoms with Crippen molar-refractivity contribution < 1.29 is 4.74 Å². The van der Waals surface area contributed by atoms with Gasteiger partial charge in [0.1, 0.15) is 5.75 Å². The van der Waals surface area contributed by atoms with Crippen molar-refractivity contribution in [2.24, 2.45) is 10.9 Å². The molecular formula is C17H23N5O. The van der Waals surface area contributed by atoms with Crippen LogP contribution in [0.15, 0.2) is 41.5 Å². The Balaban J connectivity index is 1.58. The molecule has 0 saturated heterocycles. The molecule has 122 valence electrons. The molecule has 1 aliphatic carbocycles. The van der Waals surface area contributed by atoms with E-state index in [1.54, 1.807) is 14.2 Å². The molecule has 2 aromatic rings. The van der Waals surface area contributed by atoms with Crippen molar-refractivity contribution in [3.63, 3.8) is 0 Å². The van der Waals surface area contributed by atoms with Crippen molar-refractivity contribution in [2.45, 2.75) is 25.9 Å². The van der Waals surface area contributed by atoms with Crippen LogP contribution in [0.25, 0.3) is 5.69 Å². The number of rotatable bonds is 5. The Hall–Kier alpha value is -2.50. The van der Waals surface area contributed by atoms with Gasteiger partial charge < -0.3 is 15.4 Å². The number of hydrogen-bond donors (Lipinski definition) is 2. The summed E-state index contributed by atoms with van der Waals surface area (Å²) in [6.45, 7) is 2.88. The molecule has 6 nitrogen and oxygen atoms in total. The van der Waals surface area contributed by atoms with Crippen molar-refractivity contribution in [3.8, 4) is 11.4 Å². The number of aliphatic imine (C=N–C) groups is 1. The molecule has 3 rings (SSSR count). The number of nitrogens with one attached hydrogen (secondary N) is 2. The lowest BCUT2D eigenvalue weighted by Gasteiger charge is -2.10. The van der Waals surface area contributed by atoms with Gasteiger partial charge in [-0.05, 0) is 42.7 Å². The smallest absolute Gasteiger partial charge is 0.191 e. The highest BCUT2D eigenvalue weighted by atomic mass is 16.5. The first kappa shape index (κ1) is 15.4. The molecule has 1 saturated carbocycles. The van der Waals surface area contributed by atoms with Crippen LogP contribution < -0.4 is 15.4 Å². The van der Waals surface area contributed by atoms with E-state index in [2.05, 4.69) is 27.6 Å². The van der Waals surface area contributed by atoms with Gasteiger partial charge in [0.2, 0.25) is 0 Å². The van der Waals surface area contributed by atoms with Crippen LogP contribution in [0.2, 0.25) is 0 Å². The molecule has 1 aromatic carbocycles. The molecule has 0 amide bonds. The van der Waals surface area contributed by atoms with Crippen molar-refractivity contribution in [1.29, 1.82) is 0 Å². The summed E-state index contributed by atoms with van der Waals surface area (Å²) in [4.78, 5) is 4.25. The van der Waals surface area contributed by atoms with Crippen LogP contribution in [0.4, 0.5) is 0 Å². The third-order valence-electron chi connectivity index (χ3n) is 4.07. The first-order chi connectivity index (χ1) is 11.2. The van der Waals surface area contributed by atoms with Crippen LogP contribution in [0, 0.1) is 5.92 Å². The summed E-state index contributed by atoms with van der Waals surface area (Å²) in [5.41, 5.74) is 1.97. The molecule has 2 unspecified atom stereocenters. The quantitative estimate of drug-likeness (QED) is 0.654. The first-order valence-electron chi connectivity index (χ1n) is 7.85. The summed E-state index contributed by atoms with van der Waals surface area (Å²) in [5, 5.41) is 11.3. The SMILES string of the molecule is CN=C(NCc1ccn(-c2ccc(OC)cc2)n1)NC1CC1C. The Morgan fingerprint density at radius 3 is 2.70 bits per heavy atom. The molecular weight excluding hydrogens is 290 g/mol. The molecule has 1 aliphatic rings. The maximum atomic E-state index is 5.17. The van der Waals surface area contributed by atoms with Crippen molar-refractivity contribution in [2.75, 3.05) is 14.2 Å². The van der Waals surface area contributed by atoms with Gasteiger partial charge in [0.25, 0.3) is 0 Å². The highest BCUT2D eigenvalue weighted by molar-refractivity contribution is 5.80. The average molecular weight is 313 g/mol. The van der Waals surface area contributed by atoms with Crippen LogP contribution in [0.3, 0.4) is 0 Å². The summed E-state index contributed by atoms with van der Waals surface area (Å²) in [6, 6.07) is 10.4. The minimum Gasteiger partial charge on any atom is -0.497 e. The van der Waals surface area contributed by atoms with E-state index in [-0.39, 0.29) is 0 Å². The van der Waals surface area contributed by atoms with Crippen molar-refractivity contribution in [1.82, 2.24) is 20.4 Å². The van der Waals surface area contributed by atoms with Crippen LogP contribution in [-0.2, 0) is 6.54 Å². The van der Waals surface area contributed by atoms with E-state index in [0.29, 0.717) is 12.6 Å². The molecule has 6 heteroatoms. The number of aromatic nitrogens is 2. The van der Waals surface area contributed by atoms with Gasteiger partial charge in [-0.15, -0.1) is 0 Å². The number of ether oxygens (including phenoxy) is 1. The van der Waals surface area contributed by atoms with E-state index < -0.39 is 0 Å². The Morgan fingerprint density at radius 1 is 1.35 bits per heavy atom. The molecule has 0 bridgehead atoms. The number of hydrogen-bond acceptors (Lipinski definition) is 3. The normalized spacial score (nSPS) is 20.2. The van der Waals surface area contributed by atoms with Crippen LogP contribution in [-0.4, -0.2) is 35.9 Å². The Morgan fingerprint density at radius 2 is 2.09 bits per heavy atom. The third-order valence-corrected chi connectivity index (χ3v) is 4.07. The standard InChI is InChI=1S/C17H23N5O/c1-12-10-16(12)20-17(18-2)19-11-13-8-9-22(21-13)14-4-6-15(23-3)7-5-14/h4-9,12,16H,10-11H2,1-3H3,(H2,18,19,20). The van der Waals surface area contributed by atoms with Gasteiger partial charge in [-0.25, -0.2) is 4.68 Å². The minimum absolute atomic E-state index is 0.554. The lowest BCUT2D eigenvalue weighted by atomic mass is 10.3. The second-order valence-corrected chi connectivity index (χ2v) is 5.84. The van der Waals surface area contributed by atoms with Crippen molar-refractivity contribution in [3.05, 3.63) is 42.2 Å². The van der Waals surface area contributed by atoms with Gasteiger partial charge in [0.15, 0.2) is 5.96 Å². The number of methoxy groups -OCH3 is 1. The van der Waals surface area contributed by atoms with Crippen LogP contribution >= 0.6 is 0 Å². The largest absolute Gasteiger partial charge is 0.497 e. The van der Waals surface area contributed by atoms with Crippen molar-refractivity contribution >= 4 is 5.96 Å². The average Bonchev–Trinajstić information content (AvgIpc) is 3.08. The van der Waals surface area contributed by atoms with Gasteiger partial charge in [-0.2, -0.15) is 5.10 Å². The van der Waals surface area contributed by atoms with E-state index in [1.807, 2.05) is 41.2 Å². The zero-order valence-electron chi connectivity index (χ0n) is 13.8. The number of nitrogens with zero attached hydrogens (tertiary/aromatic N) is 3. The van der Waals surface area contributed by atoms with Crippen LogP contribution in [0.5, 0.6) is 5.75 Å². The summed E-state index contributed by atoms with van der Waals surface area (Å²) >= 11 is 0. The highest BCUT2D eigenvalue weighted by Crippen LogP contribution is 2.28.